The van der Waals surface area contributed by atoms with E-state index >= 15 is 0 Å². The van der Waals surface area contributed by atoms with E-state index in [9.17, 15) is 13.2 Å². The van der Waals surface area contributed by atoms with E-state index in [1.54, 1.807) is 25.1 Å². The maximum Gasteiger partial charge on any atom is 0.303 e. The van der Waals surface area contributed by atoms with Crippen molar-refractivity contribution in [3.63, 3.8) is 0 Å². The molecule has 0 bridgehead atoms. The summed E-state index contributed by atoms with van der Waals surface area (Å²) in [5, 5.41) is 8.50. The fourth-order valence-electron chi connectivity index (χ4n) is 1.55. The van der Waals surface area contributed by atoms with Gasteiger partial charge in [-0.15, -0.1) is 0 Å². The largest absolute Gasteiger partial charge is 0.481 e. The highest BCUT2D eigenvalue weighted by Crippen LogP contribution is 2.10. The van der Waals surface area contributed by atoms with Gasteiger partial charge < -0.3 is 5.11 Å². The first-order chi connectivity index (χ1) is 8.42. The van der Waals surface area contributed by atoms with Gasteiger partial charge in [-0.05, 0) is 31.9 Å². The normalized spacial score (nSPS) is 13.2. The highest BCUT2D eigenvalue weighted by atomic mass is 32.2. The van der Waals surface area contributed by atoms with Crippen molar-refractivity contribution in [3.8, 4) is 0 Å². The molecule has 1 unspecified atom stereocenters. The van der Waals surface area contributed by atoms with Gasteiger partial charge in [0.2, 0.25) is 10.0 Å². The smallest absolute Gasteiger partial charge is 0.303 e. The van der Waals surface area contributed by atoms with Gasteiger partial charge in [0, 0.05) is 12.5 Å². The number of rotatable bonds is 7. The summed E-state index contributed by atoms with van der Waals surface area (Å²) >= 11 is 0. The van der Waals surface area contributed by atoms with Crippen LogP contribution in [0.4, 0.5) is 0 Å². The minimum absolute atomic E-state index is 0.0530. The predicted octanol–water partition coefficient (Wildman–Crippen LogP) is 1.61. The Labute approximate surface area is 107 Å². The molecule has 100 valence electrons. The summed E-state index contributed by atoms with van der Waals surface area (Å²) in [4.78, 5) is 10.6. The minimum Gasteiger partial charge on any atom is -0.481 e. The zero-order valence-electron chi connectivity index (χ0n) is 10.2. The quantitative estimate of drug-likeness (QED) is 0.789. The average molecular weight is 271 g/mol. The number of hydrogen-bond donors (Lipinski definition) is 2. The first kappa shape index (κ1) is 14.7. The summed E-state index contributed by atoms with van der Waals surface area (Å²) in [6, 6.07) is 7.82. The maximum absolute atomic E-state index is 11.9. The molecule has 0 amide bonds. The monoisotopic (exact) mass is 271 g/mol. The van der Waals surface area contributed by atoms with Crippen LogP contribution in [0.3, 0.4) is 0 Å². The highest BCUT2D eigenvalue weighted by molar-refractivity contribution is 7.89. The van der Waals surface area contributed by atoms with Gasteiger partial charge in [0.15, 0.2) is 0 Å². The number of benzene rings is 1. The summed E-state index contributed by atoms with van der Waals surface area (Å²) in [5.74, 6) is -0.867. The lowest BCUT2D eigenvalue weighted by molar-refractivity contribution is -0.137. The summed E-state index contributed by atoms with van der Waals surface area (Å²) in [5.41, 5.74) is 0. The van der Waals surface area contributed by atoms with Crippen LogP contribution >= 0.6 is 0 Å². The Morgan fingerprint density at radius 2 is 1.94 bits per heavy atom. The lowest BCUT2D eigenvalue weighted by atomic mass is 10.1. The van der Waals surface area contributed by atoms with E-state index < -0.39 is 16.0 Å². The lowest BCUT2D eigenvalue weighted by Crippen LogP contribution is -2.32. The molecule has 0 aromatic heterocycles. The Balaban J connectivity index is 2.53. The Kier molecular flexibility index (Phi) is 5.30. The number of hydrogen-bond acceptors (Lipinski definition) is 3. The first-order valence-corrected chi connectivity index (χ1v) is 7.19. The zero-order valence-corrected chi connectivity index (χ0v) is 11.0. The summed E-state index contributed by atoms with van der Waals surface area (Å²) in [7, 11) is -3.51. The molecular formula is C12H17NO4S. The van der Waals surface area contributed by atoms with E-state index in [1.807, 2.05) is 0 Å². The molecule has 5 nitrogen and oxygen atoms in total. The third-order valence-corrected chi connectivity index (χ3v) is 4.04. The summed E-state index contributed by atoms with van der Waals surface area (Å²) in [6.45, 7) is 1.72. The second-order valence-electron chi connectivity index (χ2n) is 4.12. The molecule has 0 fully saturated rings. The van der Waals surface area contributed by atoms with Crippen LogP contribution in [0.15, 0.2) is 35.2 Å². The summed E-state index contributed by atoms with van der Waals surface area (Å²) < 4.78 is 26.3. The highest BCUT2D eigenvalue weighted by Gasteiger charge is 2.16. The van der Waals surface area contributed by atoms with Gasteiger partial charge in [-0.3, -0.25) is 4.79 Å². The van der Waals surface area contributed by atoms with Crippen LogP contribution < -0.4 is 4.72 Å². The van der Waals surface area contributed by atoms with E-state index in [-0.39, 0.29) is 17.4 Å². The molecule has 1 aromatic rings. The number of nitrogens with one attached hydrogen (secondary N) is 1. The molecule has 1 atom stereocenters. The number of sulfonamides is 1. The van der Waals surface area contributed by atoms with Crippen molar-refractivity contribution in [2.75, 3.05) is 0 Å². The van der Waals surface area contributed by atoms with Gasteiger partial charge in [-0.2, -0.15) is 0 Å². The topological polar surface area (TPSA) is 83.5 Å². The number of carboxylic acids is 1. The third kappa shape index (κ3) is 4.85. The fourth-order valence-corrected chi connectivity index (χ4v) is 2.85. The molecule has 0 spiro atoms. The molecule has 0 radical (unpaired) electrons. The van der Waals surface area contributed by atoms with Crippen molar-refractivity contribution in [3.05, 3.63) is 30.3 Å². The van der Waals surface area contributed by atoms with Crippen molar-refractivity contribution < 1.29 is 18.3 Å². The number of carbonyl (C=O) groups is 1. The van der Waals surface area contributed by atoms with E-state index in [0.29, 0.717) is 12.8 Å². The van der Waals surface area contributed by atoms with Gasteiger partial charge in [0.1, 0.15) is 0 Å². The fraction of sp³-hybridized carbons (Fsp3) is 0.417. The molecule has 2 N–H and O–H groups in total. The molecule has 0 heterocycles. The van der Waals surface area contributed by atoms with Crippen molar-refractivity contribution in [2.45, 2.75) is 37.1 Å². The van der Waals surface area contributed by atoms with E-state index in [1.165, 1.54) is 12.1 Å². The van der Waals surface area contributed by atoms with Crippen molar-refractivity contribution in [2.24, 2.45) is 0 Å². The molecule has 1 rings (SSSR count). The first-order valence-electron chi connectivity index (χ1n) is 5.71. The molecule has 1 aromatic carbocycles. The van der Waals surface area contributed by atoms with Crippen LogP contribution in [0.2, 0.25) is 0 Å². The summed E-state index contributed by atoms with van der Waals surface area (Å²) in [6.07, 6.45) is 1.00. The molecule has 0 aliphatic heterocycles. The molecule has 6 heteroatoms. The third-order valence-electron chi connectivity index (χ3n) is 2.44. The maximum atomic E-state index is 11.9. The van der Waals surface area contributed by atoms with E-state index in [0.717, 1.165) is 0 Å². The van der Waals surface area contributed by atoms with Crippen LogP contribution in [0.5, 0.6) is 0 Å². The van der Waals surface area contributed by atoms with Crippen LogP contribution in [0.1, 0.15) is 26.2 Å². The minimum atomic E-state index is -3.51. The Hall–Kier alpha value is -1.40. The Morgan fingerprint density at radius 1 is 1.33 bits per heavy atom. The zero-order chi connectivity index (χ0) is 13.6. The number of aliphatic carboxylic acids is 1. The SMILES string of the molecule is CC(CCCC(=O)O)NS(=O)(=O)c1ccccc1. The second-order valence-corrected chi connectivity index (χ2v) is 5.84. The van der Waals surface area contributed by atoms with Crippen LogP contribution in [-0.4, -0.2) is 25.5 Å². The Bertz CT molecular complexity index is 484. The van der Waals surface area contributed by atoms with E-state index in [4.69, 9.17) is 5.11 Å². The number of carboxylic acid groups (broad SMARTS) is 1. The molecular weight excluding hydrogens is 254 g/mol. The average Bonchev–Trinajstić information content (AvgIpc) is 2.29. The van der Waals surface area contributed by atoms with Gasteiger partial charge in [-0.1, -0.05) is 18.2 Å². The standard InChI is InChI=1S/C12H17NO4S/c1-10(6-5-9-12(14)15)13-18(16,17)11-7-3-2-4-8-11/h2-4,7-8,10,13H,5-6,9H2,1H3,(H,14,15). The van der Waals surface area contributed by atoms with Gasteiger partial charge in [0.25, 0.3) is 0 Å². The molecule has 0 saturated heterocycles. The van der Waals surface area contributed by atoms with Crippen molar-refractivity contribution >= 4 is 16.0 Å². The van der Waals surface area contributed by atoms with Crippen LogP contribution in [0, 0.1) is 0 Å². The van der Waals surface area contributed by atoms with Crippen LogP contribution in [0.25, 0.3) is 0 Å². The second kappa shape index (κ2) is 6.51. The predicted molar refractivity (Wildman–Crippen MR) is 67.7 cm³/mol. The van der Waals surface area contributed by atoms with Gasteiger partial charge >= 0.3 is 5.97 Å². The lowest BCUT2D eigenvalue weighted by Gasteiger charge is -2.13. The van der Waals surface area contributed by atoms with Crippen molar-refractivity contribution in [1.82, 2.24) is 4.72 Å². The van der Waals surface area contributed by atoms with Gasteiger partial charge in [-0.25, -0.2) is 13.1 Å². The molecule has 0 saturated carbocycles. The molecule has 18 heavy (non-hydrogen) atoms. The molecule has 0 aliphatic rings. The Morgan fingerprint density at radius 3 is 2.50 bits per heavy atom. The van der Waals surface area contributed by atoms with Crippen molar-refractivity contribution in [1.29, 1.82) is 0 Å². The van der Waals surface area contributed by atoms with Crippen LogP contribution in [-0.2, 0) is 14.8 Å². The molecule has 0 aliphatic carbocycles. The van der Waals surface area contributed by atoms with Gasteiger partial charge in [0.05, 0.1) is 4.90 Å². The van der Waals surface area contributed by atoms with E-state index in [2.05, 4.69) is 4.72 Å².